The number of para-hydroxylation sites is 3. The zero-order valence-corrected chi connectivity index (χ0v) is 27.2. The molecule has 0 unspecified atom stereocenters. The molecule has 0 aliphatic carbocycles. The van der Waals surface area contributed by atoms with Gasteiger partial charge in [0.1, 0.15) is 34.0 Å². The zero-order chi connectivity index (χ0) is 33.5. The quantitative estimate of drug-likeness (QED) is 0.205. The minimum Gasteiger partial charge on any atom is -0.455 e. The molecule has 0 radical (unpaired) electrons. The summed E-state index contributed by atoms with van der Waals surface area (Å²) in [4.78, 5) is 10.2. The second kappa shape index (κ2) is 10.8. The molecule has 6 nitrogen and oxygen atoms in total. The third-order valence-electron chi connectivity index (χ3n) is 10.1. The van der Waals surface area contributed by atoms with Crippen molar-refractivity contribution in [3.8, 4) is 5.69 Å². The van der Waals surface area contributed by atoms with Gasteiger partial charge in [0.2, 0.25) is 0 Å². The molecule has 7 aromatic carbocycles. The van der Waals surface area contributed by atoms with E-state index in [9.17, 15) is 0 Å². The number of amidine groups is 2. The number of nitrogens with one attached hydrogen (secondary N) is 1. The van der Waals surface area contributed by atoms with E-state index in [2.05, 4.69) is 131 Å². The molecule has 10 aromatic rings. The third kappa shape index (κ3) is 4.23. The fraction of sp³-hybridized carbons (Fsp3) is 0.0222. The van der Waals surface area contributed by atoms with E-state index >= 15 is 0 Å². The van der Waals surface area contributed by atoms with Crippen molar-refractivity contribution in [1.82, 2.24) is 9.88 Å². The summed E-state index contributed by atoms with van der Waals surface area (Å²) in [6, 6.07) is 54.4. The zero-order valence-electron chi connectivity index (χ0n) is 27.2. The Hall–Kier alpha value is -6.92. The molecule has 51 heavy (non-hydrogen) atoms. The maximum absolute atomic E-state index is 6.68. The Balaban J connectivity index is 1.10. The summed E-state index contributed by atoms with van der Waals surface area (Å²) in [6.45, 7) is 0. The SMILES string of the molecule is c1ccc(C2=NC(c3cccc4c3oc3ccc5c6cc(-n7c8ccccc8c8ccccc87)ccc6oc5c34)N=C(c3ccccc3)N2)cc1. The molecule has 3 aromatic heterocycles. The number of rotatable bonds is 4. The molecule has 1 aliphatic rings. The molecule has 1 N–H and O–H groups in total. The highest BCUT2D eigenvalue weighted by molar-refractivity contribution is 6.23. The van der Waals surface area contributed by atoms with E-state index in [0.717, 1.165) is 77.9 Å². The molecule has 0 atom stereocenters. The van der Waals surface area contributed by atoms with Gasteiger partial charge in [0.05, 0.1) is 16.4 Å². The summed E-state index contributed by atoms with van der Waals surface area (Å²) < 4.78 is 15.7. The number of hydrogen-bond acceptors (Lipinski definition) is 5. The standard InChI is InChI=1S/C45H28N4O2/c1-3-12-27(13-4-1)43-46-44(28-14-5-2-6-15-28)48-45(47-43)34-19-11-18-33-40-39(51-41(33)34)25-23-32-35-26-29(22-24-38(35)50-42(32)40)49-36-20-9-7-16-30(36)31-17-8-10-21-37(31)49/h1-26,45H,(H,46,47,48). The normalized spacial score (nSPS) is 13.8. The summed E-state index contributed by atoms with van der Waals surface area (Å²) in [5.41, 5.74) is 9.48. The highest BCUT2D eigenvalue weighted by Gasteiger charge is 2.25. The van der Waals surface area contributed by atoms with Crippen LogP contribution in [0.1, 0.15) is 22.9 Å². The topological polar surface area (TPSA) is 68.0 Å². The van der Waals surface area contributed by atoms with E-state index < -0.39 is 6.17 Å². The van der Waals surface area contributed by atoms with Gasteiger partial charge >= 0.3 is 0 Å². The van der Waals surface area contributed by atoms with Crippen molar-refractivity contribution in [3.63, 3.8) is 0 Å². The van der Waals surface area contributed by atoms with Gasteiger partial charge in [0.15, 0.2) is 6.17 Å². The minimum absolute atomic E-state index is 0.513. The molecule has 0 fully saturated rings. The summed E-state index contributed by atoms with van der Waals surface area (Å²) in [5.74, 6) is 1.53. The number of aromatic nitrogens is 1. The molecule has 11 rings (SSSR count). The first-order valence-electron chi connectivity index (χ1n) is 17.1. The molecular weight excluding hydrogens is 629 g/mol. The third-order valence-corrected chi connectivity index (χ3v) is 10.1. The lowest BCUT2D eigenvalue weighted by atomic mass is 10.0. The fourth-order valence-electron chi connectivity index (χ4n) is 7.74. The largest absolute Gasteiger partial charge is 0.455 e. The predicted octanol–water partition coefficient (Wildman–Crippen LogP) is 11.1. The monoisotopic (exact) mass is 656 g/mol. The van der Waals surface area contributed by atoms with Crippen LogP contribution in [0.25, 0.3) is 71.4 Å². The Bertz CT molecular complexity index is 2950. The minimum atomic E-state index is -0.513. The van der Waals surface area contributed by atoms with Gasteiger partial charge in [-0.25, -0.2) is 9.98 Å². The van der Waals surface area contributed by atoms with E-state index in [-0.39, 0.29) is 0 Å². The summed E-state index contributed by atoms with van der Waals surface area (Å²) in [5, 5.41) is 9.99. The number of fused-ring (bicyclic) bond motifs is 10. The Morgan fingerprint density at radius 2 is 1.06 bits per heavy atom. The molecule has 6 heteroatoms. The van der Waals surface area contributed by atoms with Crippen molar-refractivity contribution in [1.29, 1.82) is 0 Å². The summed E-state index contributed by atoms with van der Waals surface area (Å²) >= 11 is 0. The predicted molar refractivity (Wildman–Crippen MR) is 207 cm³/mol. The van der Waals surface area contributed by atoms with Gasteiger partial charge in [-0.2, -0.15) is 0 Å². The van der Waals surface area contributed by atoms with Gasteiger partial charge in [-0.3, -0.25) is 0 Å². The van der Waals surface area contributed by atoms with Gasteiger partial charge in [0, 0.05) is 49.3 Å². The van der Waals surface area contributed by atoms with Crippen LogP contribution in [0.3, 0.4) is 0 Å². The summed E-state index contributed by atoms with van der Waals surface area (Å²) in [6.07, 6.45) is -0.513. The molecular formula is C45H28N4O2. The first-order valence-corrected chi connectivity index (χ1v) is 17.1. The van der Waals surface area contributed by atoms with Gasteiger partial charge in [-0.1, -0.05) is 115 Å². The van der Waals surface area contributed by atoms with Crippen LogP contribution in [-0.4, -0.2) is 16.2 Å². The second-order valence-corrected chi connectivity index (χ2v) is 13.0. The highest BCUT2D eigenvalue weighted by atomic mass is 16.3. The lowest BCUT2D eigenvalue weighted by Gasteiger charge is -2.22. The maximum Gasteiger partial charge on any atom is 0.173 e. The van der Waals surface area contributed by atoms with Crippen molar-refractivity contribution in [2.75, 3.05) is 0 Å². The second-order valence-electron chi connectivity index (χ2n) is 13.0. The number of hydrogen-bond donors (Lipinski definition) is 1. The summed E-state index contributed by atoms with van der Waals surface area (Å²) in [7, 11) is 0. The first kappa shape index (κ1) is 28.0. The van der Waals surface area contributed by atoms with E-state index in [1.54, 1.807) is 0 Å². The van der Waals surface area contributed by atoms with Crippen molar-refractivity contribution < 1.29 is 8.83 Å². The van der Waals surface area contributed by atoms with Crippen LogP contribution in [0.15, 0.2) is 177 Å². The Kier molecular flexibility index (Phi) is 5.92. The van der Waals surface area contributed by atoms with Crippen molar-refractivity contribution in [2.45, 2.75) is 6.17 Å². The number of aliphatic imine (C=N–C) groups is 2. The van der Waals surface area contributed by atoms with Gasteiger partial charge in [-0.05, 0) is 42.5 Å². The van der Waals surface area contributed by atoms with Crippen LogP contribution in [0.5, 0.6) is 0 Å². The van der Waals surface area contributed by atoms with Crippen LogP contribution < -0.4 is 5.32 Å². The van der Waals surface area contributed by atoms with Gasteiger partial charge < -0.3 is 18.7 Å². The first-order chi connectivity index (χ1) is 25.3. The molecule has 240 valence electrons. The van der Waals surface area contributed by atoms with Crippen molar-refractivity contribution in [3.05, 3.63) is 174 Å². The smallest absolute Gasteiger partial charge is 0.173 e. The van der Waals surface area contributed by atoms with E-state index in [1.807, 2.05) is 36.4 Å². The van der Waals surface area contributed by atoms with Gasteiger partial charge in [-0.15, -0.1) is 0 Å². The number of nitrogens with zero attached hydrogens (tertiary/aromatic N) is 3. The number of furan rings is 2. The van der Waals surface area contributed by atoms with Crippen LogP contribution in [0.2, 0.25) is 0 Å². The Morgan fingerprint density at radius 1 is 0.471 bits per heavy atom. The van der Waals surface area contributed by atoms with Crippen LogP contribution in [0.4, 0.5) is 0 Å². The number of benzene rings is 7. The molecule has 4 heterocycles. The highest BCUT2D eigenvalue weighted by Crippen LogP contribution is 2.43. The molecule has 0 saturated carbocycles. The molecule has 0 amide bonds. The molecule has 1 aliphatic heterocycles. The lowest BCUT2D eigenvalue weighted by molar-refractivity contribution is 0.647. The van der Waals surface area contributed by atoms with Gasteiger partial charge in [0.25, 0.3) is 0 Å². The molecule has 0 spiro atoms. The molecule has 0 bridgehead atoms. The van der Waals surface area contributed by atoms with Crippen LogP contribution in [0, 0.1) is 0 Å². The van der Waals surface area contributed by atoms with Crippen LogP contribution in [-0.2, 0) is 0 Å². The van der Waals surface area contributed by atoms with Crippen LogP contribution >= 0.6 is 0 Å². The van der Waals surface area contributed by atoms with E-state index in [4.69, 9.17) is 18.8 Å². The fourth-order valence-corrected chi connectivity index (χ4v) is 7.74. The van der Waals surface area contributed by atoms with E-state index in [0.29, 0.717) is 0 Å². The van der Waals surface area contributed by atoms with Crippen molar-refractivity contribution in [2.24, 2.45) is 9.98 Å². The molecule has 0 saturated heterocycles. The average molecular weight is 657 g/mol. The van der Waals surface area contributed by atoms with Crippen molar-refractivity contribution >= 4 is 77.4 Å². The Morgan fingerprint density at radius 3 is 1.75 bits per heavy atom. The Labute approximate surface area is 291 Å². The van der Waals surface area contributed by atoms with E-state index in [1.165, 1.54) is 21.8 Å². The maximum atomic E-state index is 6.68. The average Bonchev–Trinajstić information content (AvgIpc) is 3.87. The lowest BCUT2D eigenvalue weighted by Crippen LogP contribution is -2.36.